The van der Waals surface area contributed by atoms with Crippen LogP contribution < -0.4 is 0 Å². The van der Waals surface area contributed by atoms with Crippen LogP contribution in [0.3, 0.4) is 0 Å². The number of ketones is 1. The SMILES string of the molecule is COC1=C(CC=C(C)C)C(=O)[C@@H]2[C@](C)(CCC=C(C)C)[C@@H](O)C[C@@]1(CC=C(C)C)[C@@]2(O)OC. The van der Waals surface area contributed by atoms with Crippen molar-refractivity contribution in [2.24, 2.45) is 16.7 Å². The van der Waals surface area contributed by atoms with Gasteiger partial charge in [-0.15, -0.1) is 0 Å². The first-order valence-corrected chi connectivity index (χ1v) is 12.0. The summed E-state index contributed by atoms with van der Waals surface area (Å²) in [4.78, 5) is 14.1. The second-order valence-corrected chi connectivity index (χ2v) is 10.8. The van der Waals surface area contributed by atoms with Crippen LogP contribution in [0, 0.1) is 16.7 Å². The molecule has 2 N–H and O–H groups in total. The second kappa shape index (κ2) is 10.3. The highest BCUT2D eigenvalue weighted by Crippen LogP contribution is 2.65. The summed E-state index contributed by atoms with van der Waals surface area (Å²) in [6.07, 6.45) is 7.73. The van der Waals surface area contributed by atoms with Gasteiger partial charge in [0.05, 0.1) is 24.5 Å². The topological polar surface area (TPSA) is 76.0 Å². The molecule has 0 aromatic carbocycles. The maximum Gasteiger partial charge on any atom is 0.189 e. The van der Waals surface area contributed by atoms with Gasteiger partial charge in [0.2, 0.25) is 0 Å². The van der Waals surface area contributed by atoms with Gasteiger partial charge in [-0.25, -0.2) is 0 Å². The van der Waals surface area contributed by atoms with E-state index in [0.717, 1.165) is 11.1 Å². The minimum absolute atomic E-state index is 0.194. The van der Waals surface area contributed by atoms with Crippen LogP contribution in [0.5, 0.6) is 0 Å². The molecule has 0 saturated heterocycles. The number of hydrogen-bond donors (Lipinski definition) is 2. The average Bonchev–Trinajstić information content (AvgIpc) is 2.71. The summed E-state index contributed by atoms with van der Waals surface area (Å²) in [6.45, 7) is 14.0. The summed E-state index contributed by atoms with van der Waals surface area (Å²) in [6, 6.07) is 0. The number of methoxy groups -OCH3 is 2. The van der Waals surface area contributed by atoms with Crippen molar-refractivity contribution in [2.75, 3.05) is 14.2 Å². The lowest BCUT2D eigenvalue weighted by Gasteiger charge is -2.63. The standard InChI is InChI=1S/C28H44O5/c1-18(2)11-10-15-26(7)22(29)17-27(16-14-20(5)6)25(32-8)21(13-12-19(3)4)23(30)24(26)28(27,31)33-9/h11-12,14,22,24,29,31H,10,13,15-17H2,1-9H3/t22-,24+,26+,27+,28-/m0/s1. The fourth-order valence-corrected chi connectivity index (χ4v) is 5.75. The monoisotopic (exact) mass is 460 g/mol. The van der Waals surface area contributed by atoms with Gasteiger partial charge in [0, 0.05) is 18.1 Å². The number of aliphatic hydroxyl groups excluding tert-OH is 1. The molecule has 0 aliphatic heterocycles. The number of rotatable bonds is 9. The molecule has 2 aliphatic carbocycles. The van der Waals surface area contributed by atoms with Gasteiger partial charge in [0.15, 0.2) is 11.6 Å². The number of ether oxygens (including phenoxy) is 2. The van der Waals surface area contributed by atoms with Gasteiger partial charge in [-0.05, 0) is 73.6 Å². The third-order valence-electron chi connectivity index (χ3n) is 7.63. The third-order valence-corrected chi connectivity index (χ3v) is 7.63. The molecule has 5 heteroatoms. The van der Waals surface area contributed by atoms with E-state index in [9.17, 15) is 15.0 Å². The first-order chi connectivity index (χ1) is 15.3. The number of fused-ring (bicyclic) bond motifs is 2. The minimum atomic E-state index is -1.80. The molecule has 0 heterocycles. The van der Waals surface area contributed by atoms with Crippen molar-refractivity contribution < 1.29 is 24.5 Å². The molecule has 5 nitrogen and oxygen atoms in total. The second-order valence-electron chi connectivity index (χ2n) is 10.8. The first kappa shape index (κ1) is 27.6. The molecule has 0 radical (unpaired) electrons. The Kier molecular flexibility index (Phi) is 8.59. The van der Waals surface area contributed by atoms with E-state index in [-0.39, 0.29) is 12.2 Å². The molecular weight excluding hydrogens is 416 g/mol. The predicted molar refractivity (Wildman–Crippen MR) is 132 cm³/mol. The van der Waals surface area contributed by atoms with Crippen LogP contribution in [-0.2, 0) is 14.3 Å². The zero-order valence-corrected chi connectivity index (χ0v) is 22.0. The highest BCUT2D eigenvalue weighted by molar-refractivity contribution is 6.01. The summed E-state index contributed by atoms with van der Waals surface area (Å²) >= 11 is 0. The van der Waals surface area contributed by atoms with Gasteiger partial charge in [-0.3, -0.25) is 4.79 Å². The Bertz CT molecular complexity index is 867. The van der Waals surface area contributed by atoms with Gasteiger partial charge < -0.3 is 19.7 Å². The van der Waals surface area contributed by atoms with E-state index >= 15 is 0 Å². The largest absolute Gasteiger partial charge is 0.500 e. The summed E-state index contributed by atoms with van der Waals surface area (Å²) in [5, 5.41) is 23.8. The van der Waals surface area contributed by atoms with E-state index in [4.69, 9.17) is 9.47 Å². The van der Waals surface area contributed by atoms with Crippen LogP contribution in [-0.4, -0.2) is 42.1 Å². The predicted octanol–water partition coefficient (Wildman–Crippen LogP) is 5.64. The molecular formula is C28H44O5. The zero-order chi connectivity index (χ0) is 25.2. The fourth-order valence-electron chi connectivity index (χ4n) is 5.75. The van der Waals surface area contributed by atoms with Crippen molar-refractivity contribution in [1.29, 1.82) is 0 Å². The van der Waals surface area contributed by atoms with Gasteiger partial charge in [-0.2, -0.15) is 0 Å². The molecule has 186 valence electrons. The lowest BCUT2D eigenvalue weighted by atomic mass is 9.46. The van der Waals surface area contributed by atoms with Gasteiger partial charge >= 0.3 is 0 Å². The van der Waals surface area contributed by atoms with Crippen LogP contribution in [0.2, 0.25) is 0 Å². The van der Waals surface area contributed by atoms with Crippen molar-refractivity contribution in [2.45, 2.75) is 92.5 Å². The maximum atomic E-state index is 14.1. The molecule has 0 unspecified atom stereocenters. The van der Waals surface area contributed by atoms with Crippen LogP contribution in [0.25, 0.3) is 0 Å². The molecule has 1 fully saturated rings. The molecule has 2 rings (SSSR count). The first-order valence-electron chi connectivity index (χ1n) is 12.0. The molecule has 0 spiro atoms. The quantitative estimate of drug-likeness (QED) is 0.344. The van der Waals surface area contributed by atoms with Crippen molar-refractivity contribution in [3.63, 3.8) is 0 Å². The van der Waals surface area contributed by atoms with Crippen LogP contribution in [0.4, 0.5) is 0 Å². The zero-order valence-electron chi connectivity index (χ0n) is 22.0. The molecule has 0 amide bonds. The van der Waals surface area contributed by atoms with Crippen LogP contribution in [0.1, 0.15) is 80.6 Å². The van der Waals surface area contributed by atoms with Crippen molar-refractivity contribution in [3.05, 3.63) is 46.3 Å². The molecule has 33 heavy (non-hydrogen) atoms. The van der Waals surface area contributed by atoms with E-state index in [1.54, 1.807) is 7.11 Å². The van der Waals surface area contributed by atoms with E-state index < -0.39 is 28.6 Å². The Balaban J connectivity index is 2.83. The highest BCUT2D eigenvalue weighted by Gasteiger charge is 2.73. The van der Waals surface area contributed by atoms with E-state index in [2.05, 4.69) is 6.08 Å². The minimum Gasteiger partial charge on any atom is -0.500 e. The summed E-state index contributed by atoms with van der Waals surface area (Å²) in [7, 11) is 3.00. The van der Waals surface area contributed by atoms with Crippen molar-refractivity contribution in [1.82, 2.24) is 0 Å². The van der Waals surface area contributed by atoms with Gasteiger partial charge in [0.25, 0.3) is 0 Å². The van der Waals surface area contributed by atoms with E-state index in [1.165, 1.54) is 12.7 Å². The van der Waals surface area contributed by atoms with E-state index in [1.807, 2.05) is 60.6 Å². The summed E-state index contributed by atoms with van der Waals surface area (Å²) in [5.74, 6) is -2.46. The maximum absolute atomic E-state index is 14.1. The highest BCUT2D eigenvalue weighted by atomic mass is 16.6. The Hall–Kier alpha value is -1.69. The van der Waals surface area contributed by atoms with Gasteiger partial charge in [0.1, 0.15) is 5.76 Å². The lowest BCUT2D eigenvalue weighted by Crippen LogP contribution is -2.71. The fraction of sp³-hybridized carbons (Fsp3) is 0.679. The Morgan fingerprint density at radius 2 is 1.61 bits per heavy atom. The number of Topliss-reactive ketones (excluding diaryl/α,β-unsaturated/α-hetero) is 1. The van der Waals surface area contributed by atoms with Gasteiger partial charge in [-0.1, -0.05) is 41.9 Å². The molecule has 0 aromatic heterocycles. The molecule has 0 aromatic rings. The number of allylic oxidation sites excluding steroid dienone is 7. The molecule has 2 bridgehead atoms. The summed E-state index contributed by atoms with van der Waals surface area (Å²) in [5.41, 5.74) is 2.04. The van der Waals surface area contributed by atoms with Crippen LogP contribution >= 0.6 is 0 Å². The smallest absolute Gasteiger partial charge is 0.189 e. The van der Waals surface area contributed by atoms with Crippen molar-refractivity contribution in [3.8, 4) is 0 Å². The normalized spacial score (nSPS) is 33.5. The number of carbonyl (C=O) groups is 1. The Morgan fingerprint density at radius 3 is 2.09 bits per heavy atom. The molecule has 1 saturated carbocycles. The average molecular weight is 461 g/mol. The van der Waals surface area contributed by atoms with E-state index in [0.29, 0.717) is 37.0 Å². The Labute approximate surface area is 200 Å². The summed E-state index contributed by atoms with van der Waals surface area (Å²) < 4.78 is 11.8. The molecule has 5 atom stereocenters. The third kappa shape index (κ3) is 4.78. The number of aliphatic hydroxyl groups is 2. The molecule has 2 aliphatic rings. The Morgan fingerprint density at radius 1 is 1.03 bits per heavy atom. The van der Waals surface area contributed by atoms with Crippen molar-refractivity contribution >= 4 is 5.78 Å². The van der Waals surface area contributed by atoms with Crippen LogP contribution in [0.15, 0.2) is 46.3 Å². The number of carbonyl (C=O) groups excluding carboxylic acids is 1. The lowest BCUT2D eigenvalue weighted by molar-refractivity contribution is -0.337. The number of hydrogen-bond acceptors (Lipinski definition) is 5.